The normalized spacial score (nSPS) is 20.5. The molecule has 0 spiro atoms. The molecular weight excluding hydrogens is 164 g/mol. The molecule has 0 saturated heterocycles. The maximum absolute atomic E-state index is 11.5. The van der Waals surface area contributed by atoms with Crippen molar-refractivity contribution in [2.75, 3.05) is 7.11 Å². The van der Waals surface area contributed by atoms with Crippen LogP contribution in [0.1, 0.15) is 45.4 Å². The van der Waals surface area contributed by atoms with Crippen LogP contribution in [0.4, 0.5) is 0 Å². The Balaban J connectivity index is 2.16. The van der Waals surface area contributed by atoms with Crippen molar-refractivity contribution in [3.05, 3.63) is 0 Å². The summed E-state index contributed by atoms with van der Waals surface area (Å²) in [5.74, 6) is 1.05. The second kappa shape index (κ2) is 5.38. The minimum Gasteiger partial charge on any atom is -0.381 e. The summed E-state index contributed by atoms with van der Waals surface area (Å²) in [6, 6.07) is 0. The van der Waals surface area contributed by atoms with Crippen molar-refractivity contribution in [3.63, 3.8) is 0 Å². The monoisotopic (exact) mass is 184 g/mol. The number of rotatable bonds is 5. The Morgan fingerprint density at radius 1 is 1.46 bits per heavy atom. The summed E-state index contributed by atoms with van der Waals surface area (Å²) in [4.78, 5) is 11.5. The van der Waals surface area contributed by atoms with E-state index in [0.717, 1.165) is 6.42 Å². The van der Waals surface area contributed by atoms with Crippen LogP contribution in [0.5, 0.6) is 0 Å². The molecular formula is C11H20O2. The molecule has 76 valence electrons. The van der Waals surface area contributed by atoms with Gasteiger partial charge in [-0.1, -0.05) is 25.7 Å². The third-order valence-corrected chi connectivity index (χ3v) is 2.91. The first-order valence-corrected chi connectivity index (χ1v) is 5.27. The number of ether oxygens (including phenoxy) is 1. The van der Waals surface area contributed by atoms with Crippen molar-refractivity contribution in [3.8, 4) is 0 Å². The van der Waals surface area contributed by atoms with Gasteiger partial charge in [0.1, 0.15) is 5.78 Å². The van der Waals surface area contributed by atoms with Crippen molar-refractivity contribution in [2.45, 2.75) is 51.6 Å². The molecule has 0 aromatic carbocycles. The Morgan fingerprint density at radius 3 is 2.62 bits per heavy atom. The number of ketones is 1. The Kier molecular flexibility index (Phi) is 4.43. The first kappa shape index (κ1) is 10.7. The third kappa shape index (κ3) is 3.90. The van der Waals surface area contributed by atoms with E-state index in [0.29, 0.717) is 18.1 Å². The molecule has 0 bridgehead atoms. The van der Waals surface area contributed by atoms with Crippen LogP contribution < -0.4 is 0 Å². The molecule has 13 heavy (non-hydrogen) atoms. The highest BCUT2D eigenvalue weighted by molar-refractivity contribution is 5.79. The van der Waals surface area contributed by atoms with Crippen LogP contribution in [0.2, 0.25) is 0 Å². The number of methoxy groups -OCH3 is 1. The molecule has 2 nitrogen and oxygen atoms in total. The second-order valence-corrected chi connectivity index (χ2v) is 4.14. The summed E-state index contributed by atoms with van der Waals surface area (Å²) >= 11 is 0. The van der Waals surface area contributed by atoms with Gasteiger partial charge in [-0.15, -0.1) is 0 Å². The fraction of sp³-hybridized carbons (Fsp3) is 0.909. The average molecular weight is 184 g/mol. The van der Waals surface area contributed by atoms with Crippen molar-refractivity contribution in [1.82, 2.24) is 0 Å². The fourth-order valence-electron chi connectivity index (χ4n) is 2.02. The fourth-order valence-corrected chi connectivity index (χ4v) is 2.02. The van der Waals surface area contributed by atoms with Crippen molar-refractivity contribution in [1.29, 1.82) is 0 Å². The van der Waals surface area contributed by atoms with Gasteiger partial charge in [-0.25, -0.2) is 0 Å². The Morgan fingerprint density at radius 2 is 2.08 bits per heavy atom. The zero-order chi connectivity index (χ0) is 9.68. The van der Waals surface area contributed by atoms with Gasteiger partial charge in [-0.3, -0.25) is 4.79 Å². The standard InChI is InChI=1S/C11H20O2/c1-9(13-2)7-11(12)8-10-5-3-4-6-10/h9-10H,3-8H2,1-2H3. The smallest absolute Gasteiger partial charge is 0.135 e. The van der Waals surface area contributed by atoms with Crippen LogP contribution in [0, 0.1) is 5.92 Å². The van der Waals surface area contributed by atoms with Crippen LogP contribution in [0.3, 0.4) is 0 Å². The van der Waals surface area contributed by atoms with E-state index >= 15 is 0 Å². The van der Waals surface area contributed by atoms with E-state index in [1.165, 1.54) is 25.7 Å². The van der Waals surface area contributed by atoms with Gasteiger partial charge in [-0.05, 0) is 12.8 Å². The zero-order valence-electron chi connectivity index (χ0n) is 8.71. The van der Waals surface area contributed by atoms with E-state index in [1.807, 2.05) is 6.92 Å². The van der Waals surface area contributed by atoms with Gasteiger partial charge in [0, 0.05) is 20.0 Å². The maximum Gasteiger partial charge on any atom is 0.135 e. The number of hydrogen-bond acceptors (Lipinski definition) is 2. The molecule has 1 rings (SSSR count). The Labute approximate surface area is 80.7 Å². The molecule has 1 fully saturated rings. The molecule has 0 amide bonds. The van der Waals surface area contributed by atoms with Crippen LogP contribution in [0.25, 0.3) is 0 Å². The lowest BCUT2D eigenvalue weighted by molar-refractivity contribution is -0.122. The Bertz CT molecular complexity index is 159. The van der Waals surface area contributed by atoms with Crippen molar-refractivity contribution in [2.24, 2.45) is 5.92 Å². The lowest BCUT2D eigenvalue weighted by Gasteiger charge is -2.11. The highest BCUT2D eigenvalue weighted by atomic mass is 16.5. The van der Waals surface area contributed by atoms with E-state index < -0.39 is 0 Å². The molecule has 1 atom stereocenters. The lowest BCUT2D eigenvalue weighted by Crippen LogP contribution is -2.14. The van der Waals surface area contributed by atoms with Gasteiger partial charge >= 0.3 is 0 Å². The molecule has 0 aromatic rings. The maximum atomic E-state index is 11.5. The third-order valence-electron chi connectivity index (χ3n) is 2.91. The first-order chi connectivity index (χ1) is 6.22. The summed E-state index contributed by atoms with van der Waals surface area (Å²) in [7, 11) is 1.66. The van der Waals surface area contributed by atoms with Crippen LogP contribution in [0.15, 0.2) is 0 Å². The van der Waals surface area contributed by atoms with Gasteiger partial charge in [0.15, 0.2) is 0 Å². The summed E-state index contributed by atoms with van der Waals surface area (Å²) in [5.41, 5.74) is 0. The first-order valence-electron chi connectivity index (χ1n) is 5.27. The number of carbonyl (C=O) groups is 1. The van der Waals surface area contributed by atoms with Crippen LogP contribution in [-0.2, 0) is 9.53 Å². The van der Waals surface area contributed by atoms with Gasteiger partial charge in [0.25, 0.3) is 0 Å². The molecule has 0 heterocycles. The summed E-state index contributed by atoms with van der Waals surface area (Å²) in [6.07, 6.45) is 6.62. The van der Waals surface area contributed by atoms with Gasteiger partial charge in [0.2, 0.25) is 0 Å². The summed E-state index contributed by atoms with van der Waals surface area (Å²) in [5, 5.41) is 0. The molecule has 1 unspecified atom stereocenters. The van der Waals surface area contributed by atoms with E-state index in [9.17, 15) is 4.79 Å². The minimum atomic E-state index is 0.0916. The predicted molar refractivity (Wildman–Crippen MR) is 52.7 cm³/mol. The van der Waals surface area contributed by atoms with E-state index in [-0.39, 0.29) is 6.10 Å². The van der Waals surface area contributed by atoms with E-state index in [1.54, 1.807) is 7.11 Å². The van der Waals surface area contributed by atoms with Gasteiger partial charge in [0.05, 0.1) is 6.10 Å². The minimum absolute atomic E-state index is 0.0916. The molecule has 0 radical (unpaired) electrons. The van der Waals surface area contributed by atoms with E-state index in [4.69, 9.17) is 4.74 Å². The van der Waals surface area contributed by atoms with E-state index in [2.05, 4.69) is 0 Å². The molecule has 0 aromatic heterocycles. The number of carbonyl (C=O) groups excluding carboxylic acids is 1. The average Bonchev–Trinajstić information content (AvgIpc) is 2.56. The number of hydrogen-bond donors (Lipinski definition) is 0. The van der Waals surface area contributed by atoms with Crippen molar-refractivity contribution < 1.29 is 9.53 Å². The summed E-state index contributed by atoms with van der Waals surface area (Å²) < 4.78 is 5.06. The van der Waals surface area contributed by atoms with Gasteiger partial charge < -0.3 is 4.74 Å². The number of Topliss-reactive ketones (excluding diaryl/α,β-unsaturated/α-hetero) is 1. The SMILES string of the molecule is COC(C)CC(=O)CC1CCCC1. The van der Waals surface area contributed by atoms with Crippen LogP contribution in [-0.4, -0.2) is 19.0 Å². The lowest BCUT2D eigenvalue weighted by atomic mass is 9.98. The topological polar surface area (TPSA) is 26.3 Å². The predicted octanol–water partition coefficient (Wildman–Crippen LogP) is 2.56. The quantitative estimate of drug-likeness (QED) is 0.656. The second-order valence-electron chi connectivity index (χ2n) is 4.14. The molecule has 1 aliphatic carbocycles. The zero-order valence-corrected chi connectivity index (χ0v) is 8.71. The highest BCUT2D eigenvalue weighted by Crippen LogP contribution is 2.28. The largest absolute Gasteiger partial charge is 0.381 e. The van der Waals surface area contributed by atoms with Crippen molar-refractivity contribution >= 4 is 5.78 Å². The molecule has 1 saturated carbocycles. The molecule has 0 aliphatic heterocycles. The molecule has 1 aliphatic rings. The Hall–Kier alpha value is -0.370. The molecule has 0 N–H and O–H groups in total. The van der Waals surface area contributed by atoms with Gasteiger partial charge in [-0.2, -0.15) is 0 Å². The summed E-state index contributed by atoms with van der Waals surface area (Å²) in [6.45, 7) is 1.95. The van der Waals surface area contributed by atoms with Crippen LogP contribution >= 0.6 is 0 Å². The molecule has 2 heteroatoms. The highest BCUT2D eigenvalue weighted by Gasteiger charge is 2.19.